The van der Waals surface area contributed by atoms with Crippen molar-refractivity contribution < 1.29 is 14.3 Å². The number of piperazine rings is 1. The number of piperidine rings is 1. The van der Waals surface area contributed by atoms with E-state index in [9.17, 15) is 9.59 Å². The number of carbonyl (C=O) groups is 2. The zero-order valence-corrected chi connectivity index (χ0v) is 23.3. The second kappa shape index (κ2) is 13.3. The molecular formula is C30H42ClN3O3. The number of hydrogen-bond donors (Lipinski definition) is 1. The minimum Gasteiger partial charge on any atom is -0.489 e. The van der Waals surface area contributed by atoms with Crippen LogP contribution in [0.15, 0.2) is 54.6 Å². The van der Waals surface area contributed by atoms with E-state index < -0.39 is 5.54 Å². The van der Waals surface area contributed by atoms with Gasteiger partial charge in [-0.15, -0.1) is 12.4 Å². The van der Waals surface area contributed by atoms with Gasteiger partial charge in [0, 0.05) is 26.2 Å². The Labute approximate surface area is 228 Å². The molecule has 1 atom stereocenters. The van der Waals surface area contributed by atoms with Gasteiger partial charge in [-0.25, -0.2) is 0 Å². The number of nitrogens with one attached hydrogen (secondary N) is 1. The van der Waals surface area contributed by atoms with Crippen LogP contribution >= 0.6 is 12.4 Å². The van der Waals surface area contributed by atoms with Gasteiger partial charge in [0.15, 0.2) is 0 Å². The fourth-order valence-electron chi connectivity index (χ4n) is 5.42. The van der Waals surface area contributed by atoms with Crippen LogP contribution in [0.2, 0.25) is 0 Å². The van der Waals surface area contributed by atoms with Crippen molar-refractivity contribution in [1.82, 2.24) is 15.1 Å². The Morgan fingerprint density at radius 1 is 1.00 bits per heavy atom. The Morgan fingerprint density at radius 2 is 1.68 bits per heavy atom. The maximum absolute atomic E-state index is 13.4. The van der Waals surface area contributed by atoms with Crippen LogP contribution in [0.25, 0.3) is 0 Å². The van der Waals surface area contributed by atoms with E-state index in [1.165, 1.54) is 5.56 Å². The number of unbranched alkanes of at least 4 members (excludes halogenated alkanes) is 1. The van der Waals surface area contributed by atoms with E-state index >= 15 is 0 Å². The molecule has 2 aromatic rings. The van der Waals surface area contributed by atoms with Crippen molar-refractivity contribution in [2.24, 2.45) is 5.92 Å². The quantitative estimate of drug-likeness (QED) is 0.461. The van der Waals surface area contributed by atoms with Gasteiger partial charge in [0.2, 0.25) is 11.8 Å². The molecule has 2 heterocycles. The Balaban J connectivity index is 0.00000380. The summed E-state index contributed by atoms with van der Waals surface area (Å²) in [5.74, 6) is 1.37. The number of carbonyl (C=O) groups excluding carboxylic acids is 2. The molecule has 6 nitrogen and oxygen atoms in total. The van der Waals surface area contributed by atoms with Crippen molar-refractivity contribution in [3.8, 4) is 5.75 Å². The van der Waals surface area contributed by atoms with Crippen LogP contribution in [0.4, 0.5) is 0 Å². The first-order chi connectivity index (χ1) is 17.4. The molecule has 7 heteroatoms. The fourth-order valence-corrected chi connectivity index (χ4v) is 5.42. The summed E-state index contributed by atoms with van der Waals surface area (Å²) in [6.45, 7) is 9.97. The van der Waals surface area contributed by atoms with Crippen molar-refractivity contribution in [2.45, 2.75) is 77.6 Å². The second-order valence-corrected chi connectivity index (χ2v) is 10.7. The van der Waals surface area contributed by atoms with Gasteiger partial charge >= 0.3 is 0 Å². The Bertz CT molecular complexity index is 1000. The zero-order chi connectivity index (χ0) is 25.5. The number of likely N-dealkylation sites (tertiary alicyclic amines) is 1. The second-order valence-electron chi connectivity index (χ2n) is 10.7. The Morgan fingerprint density at radius 3 is 2.30 bits per heavy atom. The summed E-state index contributed by atoms with van der Waals surface area (Å²) in [6, 6.07) is 18.1. The van der Waals surface area contributed by atoms with Crippen molar-refractivity contribution >= 4 is 24.2 Å². The van der Waals surface area contributed by atoms with Crippen LogP contribution in [-0.2, 0) is 22.7 Å². The van der Waals surface area contributed by atoms with E-state index in [1.54, 1.807) is 0 Å². The van der Waals surface area contributed by atoms with Gasteiger partial charge in [-0.3, -0.25) is 14.5 Å². The minimum atomic E-state index is -0.703. The summed E-state index contributed by atoms with van der Waals surface area (Å²) in [4.78, 5) is 31.2. The molecule has 1 unspecified atom stereocenters. The predicted molar refractivity (Wildman–Crippen MR) is 150 cm³/mol. The third kappa shape index (κ3) is 7.05. The van der Waals surface area contributed by atoms with Crippen LogP contribution in [-0.4, -0.2) is 52.8 Å². The monoisotopic (exact) mass is 527 g/mol. The lowest BCUT2D eigenvalue weighted by Crippen LogP contribution is -2.73. The van der Waals surface area contributed by atoms with E-state index in [4.69, 9.17) is 4.74 Å². The summed E-state index contributed by atoms with van der Waals surface area (Å²) >= 11 is 0. The smallest absolute Gasteiger partial charge is 0.246 e. The van der Waals surface area contributed by atoms with E-state index in [-0.39, 0.29) is 30.3 Å². The van der Waals surface area contributed by atoms with Gasteiger partial charge in [0.25, 0.3) is 0 Å². The lowest BCUT2D eigenvalue weighted by Gasteiger charge is -2.52. The first-order valence-electron chi connectivity index (χ1n) is 13.5. The topological polar surface area (TPSA) is 61.9 Å². The molecule has 4 rings (SSSR count). The lowest BCUT2D eigenvalue weighted by molar-refractivity contribution is -0.161. The SMILES string of the molecule is CCCCN1C(=O)C(CC(C)C)NC(=O)C12CCN(Cc1ccc(OCc3ccccc3)cc1)CC2.Cl. The van der Waals surface area contributed by atoms with E-state index in [0.717, 1.165) is 43.8 Å². The van der Waals surface area contributed by atoms with E-state index in [2.05, 4.69) is 55.3 Å². The Hall–Kier alpha value is -2.57. The molecule has 1 spiro atoms. The van der Waals surface area contributed by atoms with Crippen molar-refractivity contribution in [3.05, 3.63) is 65.7 Å². The maximum Gasteiger partial charge on any atom is 0.246 e. The van der Waals surface area contributed by atoms with Crippen LogP contribution in [0, 0.1) is 5.92 Å². The van der Waals surface area contributed by atoms with Crippen molar-refractivity contribution in [1.29, 1.82) is 0 Å². The molecule has 2 fully saturated rings. The number of halogens is 1. The molecule has 2 amide bonds. The van der Waals surface area contributed by atoms with Crippen LogP contribution in [0.5, 0.6) is 5.75 Å². The number of nitrogens with zero attached hydrogens (tertiary/aromatic N) is 2. The maximum atomic E-state index is 13.4. The zero-order valence-electron chi connectivity index (χ0n) is 22.4. The Kier molecular flexibility index (Phi) is 10.4. The van der Waals surface area contributed by atoms with Crippen LogP contribution < -0.4 is 10.1 Å². The average molecular weight is 528 g/mol. The van der Waals surface area contributed by atoms with Crippen molar-refractivity contribution in [3.63, 3.8) is 0 Å². The molecule has 0 bridgehead atoms. The third-order valence-corrected chi connectivity index (χ3v) is 7.51. The number of rotatable bonds is 10. The molecule has 0 radical (unpaired) electrons. The van der Waals surface area contributed by atoms with Crippen LogP contribution in [0.1, 0.15) is 64.0 Å². The summed E-state index contributed by atoms with van der Waals surface area (Å²) in [5.41, 5.74) is 1.67. The molecule has 37 heavy (non-hydrogen) atoms. The average Bonchev–Trinajstić information content (AvgIpc) is 2.88. The summed E-state index contributed by atoms with van der Waals surface area (Å²) in [5, 5.41) is 3.10. The van der Waals surface area contributed by atoms with Gasteiger partial charge in [-0.2, -0.15) is 0 Å². The van der Waals surface area contributed by atoms with Gasteiger partial charge in [-0.1, -0.05) is 69.7 Å². The number of hydrogen-bond acceptors (Lipinski definition) is 4. The van der Waals surface area contributed by atoms with Gasteiger partial charge in [0.05, 0.1) is 0 Å². The number of amides is 2. The van der Waals surface area contributed by atoms with Gasteiger partial charge in [-0.05, 0) is 54.9 Å². The molecule has 0 aliphatic carbocycles. The molecule has 2 aromatic carbocycles. The van der Waals surface area contributed by atoms with E-state index in [1.807, 2.05) is 35.2 Å². The standard InChI is InChI=1S/C30H41N3O3.ClH/c1-4-5-17-33-28(34)27(20-23(2)3)31-29(35)30(33)15-18-32(19-16-30)21-24-11-13-26(14-12-24)36-22-25-9-7-6-8-10-25;/h6-14,23,27H,4-5,15-22H2,1-3H3,(H,31,35);1H. The normalized spacial score (nSPS) is 19.6. The molecule has 2 aliphatic heterocycles. The predicted octanol–water partition coefficient (Wildman–Crippen LogP) is 5.20. The molecule has 0 aromatic heterocycles. The number of ether oxygens (including phenoxy) is 1. The molecule has 202 valence electrons. The highest BCUT2D eigenvalue weighted by Gasteiger charge is 2.53. The highest BCUT2D eigenvalue weighted by molar-refractivity contribution is 6.00. The highest BCUT2D eigenvalue weighted by Crippen LogP contribution is 2.34. The fraction of sp³-hybridized carbons (Fsp3) is 0.533. The number of benzene rings is 2. The molecule has 0 saturated carbocycles. The molecule has 2 saturated heterocycles. The largest absolute Gasteiger partial charge is 0.489 e. The molecule has 2 aliphatic rings. The minimum absolute atomic E-state index is 0. The van der Waals surface area contributed by atoms with E-state index in [0.29, 0.717) is 38.3 Å². The molecular weight excluding hydrogens is 486 g/mol. The third-order valence-electron chi connectivity index (χ3n) is 7.51. The molecule has 1 N–H and O–H groups in total. The highest BCUT2D eigenvalue weighted by atomic mass is 35.5. The summed E-state index contributed by atoms with van der Waals surface area (Å²) in [7, 11) is 0. The van der Waals surface area contributed by atoms with Gasteiger partial charge in [0.1, 0.15) is 23.9 Å². The summed E-state index contributed by atoms with van der Waals surface area (Å²) < 4.78 is 5.92. The van der Waals surface area contributed by atoms with Crippen LogP contribution in [0.3, 0.4) is 0 Å². The summed E-state index contributed by atoms with van der Waals surface area (Å²) in [6.07, 6.45) is 3.99. The lowest BCUT2D eigenvalue weighted by atomic mass is 9.80. The van der Waals surface area contributed by atoms with Crippen molar-refractivity contribution in [2.75, 3.05) is 19.6 Å². The first kappa shape index (κ1) is 29.0. The van der Waals surface area contributed by atoms with Gasteiger partial charge < -0.3 is 15.0 Å². The first-order valence-corrected chi connectivity index (χ1v) is 13.5.